The van der Waals surface area contributed by atoms with Gasteiger partial charge in [0.2, 0.25) is 0 Å². The second-order valence-corrected chi connectivity index (χ2v) is 5.22. The highest BCUT2D eigenvalue weighted by Gasteiger charge is 2.30. The van der Waals surface area contributed by atoms with Crippen molar-refractivity contribution >= 4 is 23.1 Å². The number of benzene rings is 1. The number of rotatable bonds is 2. The first-order chi connectivity index (χ1) is 8.84. The lowest BCUT2D eigenvalue weighted by Gasteiger charge is -2.06. The normalized spacial score (nSPS) is 11.8. The van der Waals surface area contributed by atoms with Gasteiger partial charge in [0.1, 0.15) is 5.02 Å². The van der Waals surface area contributed by atoms with Crippen LogP contribution in [0, 0.1) is 0 Å². The van der Waals surface area contributed by atoms with Crippen LogP contribution in [-0.2, 0) is 12.7 Å². The fourth-order valence-corrected chi connectivity index (χ4v) is 2.89. The minimum atomic E-state index is -4.37. The Kier molecular flexibility index (Phi) is 3.73. The van der Waals surface area contributed by atoms with Gasteiger partial charge in [-0.15, -0.1) is 0 Å². The van der Waals surface area contributed by atoms with Crippen molar-refractivity contribution in [3.05, 3.63) is 45.2 Å². The predicted octanol–water partition coefficient (Wildman–Crippen LogP) is 4.27. The molecule has 2 aromatic rings. The highest BCUT2D eigenvalue weighted by Crippen LogP contribution is 2.34. The van der Waals surface area contributed by atoms with E-state index in [1.165, 1.54) is 16.1 Å². The molecule has 0 saturated heterocycles. The maximum absolute atomic E-state index is 12.4. The molecule has 0 N–H and O–H groups in total. The van der Waals surface area contributed by atoms with Gasteiger partial charge in [-0.3, -0.25) is 8.75 Å². The Balaban J connectivity index is 2.46. The van der Waals surface area contributed by atoms with E-state index in [0.717, 1.165) is 23.7 Å². The molecule has 102 valence electrons. The summed E-state index contributed by atoms with van der Waals surface area (Å²) >= 11 is 7.06. The van der Waals surface area contributed by atoms with E-state index in [2.05, 4.69) is 0 Å². The summed E-state index contributed by atoms with van der Waals surface area (Å²) in [7, 11) is 0. The molecule has 0 atom stereocenters. The van der Waals surface area contributed by atoms with Crippen molar-refractivity contribution in [3.8, 4) is 10.4 Å². The molecule has 0 spiro atoms. The van der Waals surface area contributed by atoms with Crippen molar-refractivity contribution in [2.45, 2.75) is 19.6 Å². The minimum Gasteiger partial charge on any atom is -0.267 e. The van der Waals surface area contributed by atoms with E-state index in [0.29, 0.717) is 17.0 Å². The summed E-state index contributed by atoms with van der Waals surface area (Å²) in [4.78, 5) is 12.2. The summed E-state index contributed by atoms with van der Waals surface area (Å²) in [6.45, 7) is 2.27. The molecule has 0 unspecified atom stereocenters. The van der Waals surface area contributed by atoms with E-state index in [4.69, 9.17) is 11.6 Å². The van der Waals surface area contributed by atoms with Crippen LogP contribution in [-0.4, -0.2) is 3.96 Å². The third-order valence-corrected chi connectivity index (χ3v) is 4.31. The highest BCUT2D eigenvalue weighted by atomic mass is 35.5. The van der Waals surface area contributed by atoms with Crippen molar-refractivity contribution in [2.75, 3.05) is 0 Å². The van der Waals surface area contributed by atoms with Crippen LogP contribution in [0.25, 0.3) is 10.4 Å². The molecule has 0 aliphatic rings. The number of hydrogen-bond acceptors (Lipinski definition) is 2. The standard InChI is InChI=1S/C12H9ClF3NOS/c1-2-17-11(18)9(13)10(19-17)7-3-5-8(6-4-7)12(14,15)16/h3-6H,2H2,1H3. The first-order valence-corrected chi connectivity index (χ1v) is 6.57. The number of hydrogen-bond donors (Lipinski definition) is 0. The number of nitrogens with zero attached hydrogens (tertiary/aromatic N) is 1. The zero-order valence-corrected chi connectivity index (χ0v) is 11.4. The molecule has 0 amide bonds. The summed E-state index contributed by atoms with van der Waals surface area (Å²) < 4.78 is 38.8. The molecule has 7 heteroatoms. The predicted molar refractivity (Wildman–Crippen MR) is 69.7 cm³/mol. The molecule has 19 heavy (non-hydrogen) atoms. The quantitative estimate of drug-likeness (QED) is 0.812. The van der Waals surface area contributed by atoms with Crippen molar-refractivity contribution in [3.63, 3.8) is 0 Å². The Labute approximate surface area is 116 Å². The summed E-state index contributed by atoms with van der Waals surface area (Å²) in [6.07, 6.45) is -4.37. The second kappa shape index (κ2) is 5.02. The van der Waals surface area contributed by atoms with Crippen LogP contribution in [0.4, 0.5) is 13.2 Å². The Morgan fingerprint density at radius 2 is 1.84 bits per heavy atom. The largest absolute Gasteiger partial charge is 0.416 e. The zero-order chi connectivity index (χ0) is 14.2. The van der Waals surface area contributed by atoms with Gasteiger partial charge in [0.15, 0.2) is 0 Å². The van der Waals surface area contributed by atoms with Gasteiger partial charge in [0.25, 0.3) is 5.56 Å². The smallest absolute Gasteiger partial charge is 0.267 e. The summed E-state index contributed by atoms with van der Waals surface area (Å²) in [5.41, 5.74) is -0.536. The van der Waals surface area contributed by atoms with Crippen LogP contribution in [0.2, 0.25) is 5.02 Å². The molecule has 1 aromatic heterocycles. The Bertz CT molecular complexity index is 642. The van der Waals surface area contributed by atoms with Gasteiger partial charge in [-0.1, -0.05) is 35.3 Å². The van der Waals surface area contributed by atoms with Crippen LogP contribution in [0.15, 0.2) is 29.1 Å². The first-order valence-electron chi connectivity index (χ1n) is 5.42. The molecule has 0 saturated carbocycles. The average molecular weight is 308 g/mol. The minimum absolute atomic E-state index is 0.0478. The van der Waals surface area contributed by atoms with Crippen molar-refractivity contribution in [1.82, 2.24) is 3.96 Å². The number of aromatic nitrogens is 1. The maximum atomic E-state index is 12.4. The zero-order valence-electron chi connectivity index (χ0n) is 9.79. The van der Waals surface area contributed by atoms with Crippen LogP contribution in [0.3, 0.4) is 0 Å². The molecule has 0 fully saturated rings. The number of alkyl halides is 3. The van der Waals surface area contributed by atoms with E-state index in [1.54, 1.807) is 6.92 Å². The van der Waals surface area contributed by atoms with Gasteiger partial charge in [0.05, 0.1) is 10.4 Å². The molecule has 0 aliphatic carbocycles. The van der Waals surface area contributed by atoms with Crippen LogP contribution >= 0.6 is 23.1 Å². The van der Waals surface area contributed by atoms with E-state index < -0.39 is 11.7 Å². The van der Waals surface area contributed by atoms with Crippen molar-refractivity contribution in [1.29, 1.82) is 0 Å². The molecule has 2 nitrogen and oxygen atoms in total. The number of aryl methyl sites for hydroxylation is 1. The third-order valence-electron chi connectivity index (χ3n) is 2.58. The lowest BCUT2D eigenvalue weighted by atomic mass is 10.1. The molecule has 2 rings (SSSR count). The molecule has 1 aromatic carbocycles. The fraction of sp³-hybridized carbons (Fsp3) is 0.250. The van der Waals surface area contributed by atoms with Gasteiger partial charge >= 0.3 is 6.18 Å². The molecule has 0 aliphatic heterocycles. The van der Waals surface area contributed by atoms with Crippen LogP contribution < -0.4 is 5.56 Å². The monoisotopic (exact) mass is 307 g/mol. The van der Waals surface area contributed by atoms with E-state index in [9.17, 15) is 18.0 Å². The average Bonchev–Trinajstić information content (AvgIpc) is 2.65. The summed E-state index contributed by atoms with van der Waals surface area (Å²) in [5, 5.41) is 0.0478. The molecule has 0 bridgehead atoms. The van der Waals surface area contributed by atoms with E-state index in [-0.39, 0.29) is 10.6 Å². The van der Waals surface area contributed by atoms with Crippen LogP contribution in [0.5, 0.6) is 0 Å². The van der Waals surface area contributed by atoms with Gasteiger partial charge < -0.3 is 0 Å². The van der Waals surface area contributed by atoms with Crippen molar-refractivity contribution < 1.29 is 13.2 Å². The summed E-state index contributed by atoms with van der Waals surface area (Å²) in [6, 6.07) is 4.60. The first kappa shape index (κ1) is 14.1. The maximum Gasteiger partial charge on any atom is 0.416 e. The van der Waals surface area contributed by atoms with Gasteiger partial charge in [-0.25, -0.2) is 0 Å². The topological polar surface area (TPSA) is 22.0 Å². The fourth-order valence-electron chi connectivity index (χ4n) is 1.60. The highest BCUT2D eigenvalue weighted by molar-refractivity contribution is 7.11. The Morgan fingerprint density at radius 1 is 1.26 bits per heavy atom. The summed E-state index contributed by atoms with van der Waals surface area (Å²) in [5.74, 6) is 0. The van der Waals surface area contributed by atoms with Crippen LogP contribution in [0.1, 0.15) is 12.5 Å². The third kappa shape index (κ3) is 2.69. The lowest BCUT2D eigenvalue weighted by molar-refractivity contribution is -0.137. The molecule has 0 radical (unpaired) electrons. The Morgan fingerprint density at radius 3 is 2.26 bits per heavy atom. The Hall–Kier alpha value is -1.27. The van der Waals surface area contributed by atoms with Crippen molar-refractivity contribution in [2.24, 2.45) is 0 Å². The SMILES string of the molecule is CCn1sc(-c2ccc(C(F)(F)F)cc2)c(Cl)c1=O. The second-order valence-electron chi connectivity index (χ2n) is 3.81. The van der Waals surface area contributed by atoms with E-state index >= 15 is 0 Å². The van der Waals surface area contributed by atoms with E-state index in [1.807, 2.05) is 0 Å². The van der Waals surface area contributed by atoms with Gasteiger partial charge in [-0.2, -0.15) is 13.2 Å². The molecular weight excluding hydrogens is 299 g/mol. The lowest BCUT2D eigenvalue weighted by Crippen LogP contribution is -2.11. The van der Waals surface area contributed by atoms with Gasteiger partial charge in [-0.05, 0) is 24.6 Å². The molecule has 1 heterocycles. The number of halogens is 4. The van der Waals surface area contributed by atoms with Gasteiger partial charge in [0, 0.05) is 6.54 Å². The molecular formula is C12H9ClF3NOS.